The standard InChI is InChI=1S/C10H13N3O4.ClH/c1-16-6-3-5(13-10(11)12)4-7(17-2)8(6)9(14)15;/h3-4H,1-2H3,(H,14,15)(H4,11,12,13);1H. The van der Waals surface area contributed by atoms with E-state index in [0.717, 1.165) is 0 Å². The number of nitrogens with two attached hydrogens (primary N) is 2. The summed E-state index contributed by atoms with van der Waals surface area (Å²) in [5.74, 6) is -1.05. The fourth-order valence-electron chi connectivity index (χ4n) is 1.32. The second kappa shape index (κ2) is 6.55. The van der Waals surface area contributed by atoms with Gasteiger partial charge in [-0.15, -0.1) is 12.4 Å². The molecule has 1 rings (SSSR count). The van der Waals surface area contributed by atoms with Gasteiger partial charge in [-0.05, 0) is 0 Å². The van der Waals surface area contributed by atoms with Crippen LogP contribution in [0.3, 0.4) is 0 Å². The molecule has 18 heavy (non-hydrogen) atoms. The third-order valence-electron chi connectivity index (χ3n) is 1.96. The maximum Gasteiger partial charge on any atom is 0.343 e. The van der Waals surface area contributed by atoms with Gasteiger partial charge >= 0.3 is 5.97 Å². The fourth-order valence-corrected chi connectivity index (χ4v) is 1.32. The van der Waals surface area contributed by atoms with Crippen LogP contribution >= 0.6 is 12.4 Å². The van der Waals surface area contributed by atoms with Crippen molar-refractivity contribution in [1.29, 1.82) is 0 Å². The lowest BCUT2D eigenvalue weighted by Crippen LogP contribution is -2.21. The Morgan fingerprint density at radius 1 is 1.22 bits per heavy atom. The average Bonchev–Trinajstić information content (AvgIpc) is 2.26. The zero-order chi connectivity index (χ0) is 13.0. The second-order valence-electron chi connectivity index (χ2n) is 3.07. The van der Waals surface area contributed by atoms with Crippen LogP contribution in [-0.4, -0.2) is 31.3 Å². The van der Waals surface area contributed by atoms with Gasteiger partial charge in [0.1, 0.15) is 17.1 Å². The van der Waals surface area contributed by atoms with Crippen LogP contribution in [0.5, 0.6) is 11.5 Å². The van der Waals surface area contributed by atoms with Crippen molar-refractivity contribution in [2.24, 2.45) is 16.5 Å². The summed E-state index contributed by atoms with van der Waals surface area (Å²) in [5.41, 5.74) is 10.7. The summed E-state index contributed by atoms with van der Waals surface area (Å²) in [7, 11) is 2.70. The first-order chi connectivity index (χ1) is 7.99. The molecule has 0 fully saturated rings. The topological polar surface area (TPSA) is 120 Å². The van der Waals surface area contributed by atoms with Crippen molar-refractivity contribution in [3.05, 3.63) is 17.7 Å². The number of halogens is 1. The highest BCUT2D eigenvalue weighted by Gasteiger charge is 2.18. The van der Waals surface area contributed by atoms with Crippen LogP contribution in [0.2, 0.25) is 0 Å². The lowest BCUT2D eigenvalue weighted by molar-refractivity contribution is 0.0689. The number of nitrogens with zero attached hydrogens (tertiary/aromatic N) is 1. The first-order valence-corrected chi connectivity index (χ1v) is 4.58. The normalized spacial score (nSPS) is 9.00. The summed E-state index contributed by atoms with van der Waals surface area (Å²) >= 11 is 0. The summed E-state index contributed by atoms with van der Waals surface area (Å²) in [6.45, 7) is 0. The number of hydrogen-bond acceptors (Lipinski definition) is 4. The largest absolute Gasteiger partial charge is 0.496 e. The van der Waals surface area contributed by atoms with Crippen molar-refractivity contribution in [2.45, 2.75) is 0 Å². The second-order valence-corrected chi connectivity index (χ2v) is 3.07. The third kappa shape index (κ3) is 3.42. The minimum Gasteiger partial charge on any atom is -0.496 e. The molecule has 0 aliphatic heterocycles. The van der Waals surface area contributed by atoms with E-state index in [1.807, 2.05) is 0 Å². The summed E-state index contributed by atoms with van der Waals surface area (Å²) in [6.07, 6.45) is 0. The molecule has 0 atom stereocenters. The molecule has 0 unspecified atom stereocenters. The Labute approximate surface area is 110 Å². The number of benzene rings is 1. The van der Waals surface area contributed by atoms with E-state index in [2.05, 4.69) is 4.99 Å². The number of methoxy groups -OCH3 is 2. The molecule has 8 heteroatoms. The maximum absolute atomic E-state index is 11.0. The number of carboxylic acid groups (broad SMARTS) is 1. The van der Waals surface area contributed by atoms with Gasteiger partial charge in [0.2, 0.25) is 0 Å². The molecule has 1 aromatic carbocycles. The molecule has 0 aliphatic carbocycles. The minimum absolute atomic E-state index is 0. The van der Waals surface area contributed by atoms with Crippen LogP contribution in [0.15, 0.2) is 17.1 Å². The molecular weight excluding hydrogens is 262 g/mol. The Hall–Kier alpha value is -2.15. The molecule has 0 aromatic heterocycles. The molecule has 5 N–H and O–H groups in total. The average molecular weight is 276 g/mol. The summed E-state index contributed by atoms with van der Waals surface area (Å²) in [6, 6.07) is 2.82. The number of guanidine groups is 1. The Kier molecular flexibility index (Phi) is 5.77. The van der Waals surface area contributed by atoms with Gasteiger partial charge in [0.15, 0.2) is 5.96 Å². The Bertz CT molecular complexity index is 447. The van der Waals surface area contributed by atoms with Crippen molar-refractivity contribution >= 4 is 30.0 Å². The van der Waals surface area contributed by atoms with Crippen LogP contribution in [0.4, 0.5) is 5.69 Å². The number of carboxylic acids is 1. The van der Waals surface area contributed by atoms with Gasteiger partial charge in [-0.2, -0.15) is 0 Å². The highest BCUT2D eigenvalue weighted by molar-refractivity contribution is 5.95. The smallest absolute Gasteiger partial charge is 0.343 e. The van der Waals surface area contributed by atoms with Gasteiger partial charge < -0.3 is 26.0 Å². The van der Waals surface area contributed by atoms with E-state index >= 15 is 0 Å². The van der Waals surface area contributed by atoms with Crippen LogP contribution < -0.4 is 20.9 Å². The molecule has 0 radical (unpaired) electrons. The zero-order valence-electron chi connectivity index (χ0n) is 9.84. The van der Waals surface area contributed by atoms with E-state index in [0.29, 0.717) is 5.69 Å². The molecule has 0 heterocycles. The first-order valence-electron chi connectivity index (χ1n) is 4.58. The van der Waals surface area contributed by atoms with Crippen LogP contribution in [0.1, 0.15) is 10.4 Å². The van der Waals surface area contributed by atoms with Gasteiger partial charge in [0.05, 0.1) is 19.9 Å². The summed E-state index contributed by atoms with van der Waals surface area (Å²) in [4.78, 5) is 14.8. The molecule has 0 spiro atoms. The van der Waals surface area contributed by atoms with Crippen LogP contribution in [-0.2, 0) is 0 Å². The number of hydrogen-bond donors (Lipinski definition) is 3. The van der Waals surface area contributed by atoms with Crippen LogP contribution in [0, 0.1) is 0 Å². The molecule has 0 bridgehead atoms. The highest BCUT2D eigenvalue weighted by atomic mass is 35.5. The molecule has 0 saturated carbocycles. The number of aromatic carboxylic acids is 1. The Morgan fingerprint density at radius 2 is 1.67 bits per heavy atom. The molecule has 7 nitrogen and oxygen atoms in total. The van der Waals surface area contributed by atoms with Gasteiger partial charge in [-0.25, -0.2) is 9.79 Å². The monoisotopic (exact) mass is 275 g/mol. The number of ether oxygens (including phenoxy) is 2. The number of rotatable bonds is 4. The van der Waals surface area contributed by atoms with Crippen molar-refractivity contribution in [3.63, 3.8) is 0 Å². The predicted molar refractivity (Wildman–Crippen MR) is 69.2 cm³/mol. The van der Waals surface area contributed by atoms with Crippen LogP contribution in [0.25, 0.3) is 0 Å². The van der Waals surface area contributed by atoms with Gasteiger partial charge in [0, 0.05) is 12.1 Å². The molecular formula is C10H14ClN3O4. The van der Waals surface area contributed by atoms with Gasteiger partial charge in [0.25, 0.3) is 0 Å². The van der Waals surface area contributed by atoms with Crippen molar-refractivity contribution in [3.8, 4) is 11.5 Å². The van der Waals surface area contributed by atoms with E-state index in [1.165, 1.54) is 26.4 Å². The molecule has 0 amide bonds. The van der Waals surface area contributed by atoms with E-state index < -0.39 is 5.97 Å². The van der Waals surface area contributed by atoms with Gasteiger partial charge in [-0.1, -0.05) is 0 Å². The van der Waals surface area contributed by atoms with E-state index in [-0.39, 0.29) is 35.4 Å². The minimum atomic E-state index is -1.16. The Morgan fingerprint density at radius 3 is 1.94 bits per heavy atom. The van der Waals surface area contributed by atoms with Crippen molar-refractivity contribution in [2.75, 3.05) is 14.2 Å². The van der Waals surface area contributed by atoms with E-state index in [4.69, 9.17) is 26.0 Å². The van der Waals surface area contributed by atoms with Gasteiger partial charge in [-0.3, -0.25) is 0 Å². The zero-order valence-corrected chi connectivity index (χ0v) is 10.7. The fraction of sp³-hybridized carbons (Fsp3) is 0.200. The maximum atomic E-state index is 11.0. The predicted octanol–water partition coefficient (Wildman–Crippen LogP) is 0.729. The van der Waals surface area contributed by atoms with Crippen molar-refractivity contribution in [1.82, 2.24) is 0 Å². The highest BCUT2D eigenvalue weighted by Crippen LogP contribution is 2.33. The quantitative estimate of drug-likeness (QED) is 0.550. The van der Waals surface area contributed by atoms with E-state index in [9.17, 15) is 4.79 Å². The molecule has 0 aliphatic rings. The van der Waals surface area contributed by atoms with Crippen molar-refractivity contribution < 1.29 is 19.4 Å². The molecule has 0 saturated heterocycles. The number of aliphatic imine (C=N–C) groups is 1. The Balaban J connectivity index is 0.00000289. The summed E-state index contributed by atoms with van der Waals surface area (Å²) in [5, 5.41) is 9.04. The summed E-state index contributed by atoms with van der Waals surface area (Å²) < 4.78 is 9.92. The SMILES string of the molecule is COc1cc(N=C(N)N)cc(OC)c1C(=O)O.Cl. The molecule has 100 valence electrons. The number of carbonyl (C=O) groups is 1. The lowest BCUT2D eigenvalue weighted by atomic mass is 10.1. The van der Waals surface area contributed by atoms with E-state index in [1.54, 1.807) is 0 Å². The lowest BCUT2D eigenvalue weighted by Gasteiger charge is -2.10. The third-order valence-corrected chi connectivity index (χ3v) is 1.96. The molecule has 1 aromatic rings. The first kappa shape index (κ1) is 15.9.